The molecule has 0 aromatic heterocycles. The van der Waals surface area contributed by atoms with Crippen molar-refractivity contribution >= 4 is 17.6 Å². The number of hydrogen-bond donors (Lipinski definition) is 0. The highest BCUT2D eigenvalue weighted by Gasteiger charge is 2.33. The summed E-state index contributed by atoms with van der Waals surface area (Å²) in [7, 11) is 0. The van der Waals surface area contributed by atoms with Crippen molar-refractivity contribution in [2.45, 2.75) is 19.3 Å². The van der Waals surface area contributed by atoms with Gasteiger partial charge in [-0.15, -0.1) is 0 Å². The van der Waals surface area contributed by atoms with Crippen molar-refractivity contribution in [1.29, 1.82) is 0 Å². The zero-order valence-electron chi connectivity index (χ0n) is 14.4. The number of hydrogen-bond acceptors (Lipinski definition) is 2. The lowest BCUT2D eigenvalue weighted by molar-refractivity contribution is -0.137. The maximum absolute atomic E-state index is 13.0. The van der Waals surface area contributed by atoms with Crippen LogP contribution in [0, 0.1) is 0 Å². The van der Waals surface area contributed by atoms with Gasteiger partial charge in [-0.2, -0.15) is 13.2 Å². The summed E-state index contributed by atoms with van der Waals surface area (Å²) in [6.45, 7) is 1.73. The van der Waals surface area contributed by atoms with E-state index in [4.69, 9.17) is 0 Å². The summed E-state index contributed by atoms with van der Waals surface area (Å²) < 4.78 is 39.1. The second-order valence-electron chi connectivity index (χ2n) is 6.49. The van der Waals surface area contributed by atoms with Crippen molar-refractivity contribution in [2.24, 2.45) is 4.99 Å². The number of rotatable bonds is 3. The van der Waals surface area contributed by atoms with Gasteiger partial charge in [-0.3, -0.25) is 4.99 Å². The average molecular weight is 366 g/mol. The van der Waals surface area contributed by atoms with Crippen LogP contribution in [0.5, 0.6) is 0 Å². The maximum Gasteiger partial charge on any atom is 0.418 e. The first-order valence-corrected chi connectivity index (χ1v) is 8.63. The summed E-state index contributed by atoms with van der Waals surface area (Å²) in [5, 5.41) is 0. The zero-order valence-corrected chi connectivity index (χ0v) is 14.4. The Morgan fingerprint density at radius 3 is 2.00 bits per heavy atom. The average Bonchev–Trinajstić information content (AvgIpc) is 3.10. The highest BCUT2D eigenvalue weighted by Crippen LogP contribution is 2.36. The Morgan fingerprint density at radius 2 is 1.37 bits per heavy atom. The molecule has 5 heteroatoms. The monoisotopic (exact) mass is 366 g/mol. The predicted molar refractivity (Wildman–Crippen MR) is 101 cm³/mol. The molecule has 0 spiro atoms. The van der Waals surface area contributed by atoms with E-state index in [-0.39, 0.29) is 5.69 Å². The van der Waals surface area contributed by atoms with Gasteiger partial charge in [0.25, 0.3) is 0 Å². The lowest BCUT2D eigenvalue weighted by Crippen LogP contribution is -2.14. The summed E-state index contributed by atoms with van der Waals surface area (Å²) in [5.74, 6) is 0. The van der Waals surface area contributed by atoms with Gasteiger partial charge in [-0.05, 0) is 41.0 Å². The molecule has 0 saturated carbocycles. The van der Waals surface area contributed by atoms with E-state index >= 15 is 0 Å². The molecule has 0 aliphatic carbocycles. The Bertz CT molecular complexity index is 950. The van der Waals surface area contributed by atoms with Crippen LogP contribution in [0.2, 0.25) is 0 Å². The highest BCUT2D eigenvalue weighted by molar-refractivity contribution is 5.83. The summed E-state index contributed by atoms with van der Waals surface area (Å²) >= 11 is 0. The van der Waals surface area contributed by atoms with Gasteiger partial charge in [0.05, 0.1) is 11.3 Å². The normalized spacial score (nSPS) is 14.0. The van der Waals surface area contributed by atoms with E-state index < -0.39 is 11.7 Å². The van der Waals surface area contributed by atoms with Crippen LogP contribution in [0.15, 0.2) is 77.8 Å². The van der Waals surface area contributed by atoms with Gasteiger partial charge in [0.15, 0.2) is 0 Å². The minimum Gasteiger partial charge on any atom is -0.363 e. The number of anilines is 1. The van der Waals surface area contributed by atoms with Crippen molar-refractivity contribution in [1.82, 2.24) is 0 Å². The number of para-hydroxylation sites is 1. The molecule has 0 fully saturated rings. The van der Waals surface area contributed by atoms with Gasteiger partial charge in [-0.1, -0.05) is 48.5 Å². The van der Waals surface area contributed by atoms with Crippen LogP contribution < -0.4 is 4.90 Å². The molecule has 1 heterocycles. The second kappa shape index (κ2) is 6.91. The number of fused-ring (bicyclic) bond motifs is 1. The summed E-state index contributed by atoms with van der Waals surface area (Å²) in [4.78, 5) is 6.31. The number of aliphatic imine (C=N–C) groups is 1. The molecule has 3 aromatic carbocycles. The van der Waals surface area contributed by atoms with Crippen LogP contribution in [0.1, 0.15) is 22.3 Å². The maximum atomic E-state index is 13.0. The Hall–Kier alpha value is -3.08. The molecule has 0 atom stereocenters. The van der Waals surface area contributed by atoms with E-state index in [1.165, 1.54) is 29.5 Å². The molecule has 0 unspecified atom stereocenters. The van der Waals surface area contributed by atoms with Crippen LogP contribution in [0.25, 0.3) is 0 Å². The van der Waals surface area contributed by atoms with E-state index in [0.29, 0.717) is 0 Å². The molecule has 2 nitrogen and oxygen atoms in total. The topological polar surface area (TPSA) is 15.6 Å². The number of halogens is 3. The minimum atomic E-state index is -4.41. The van der Waals surface area contributed by atoms with Crippen molar-refractivity contribution in [3.8, 4) is 0 Å². The Morgan fingerprint density at radius 1 is 0.778 bits per heavy atom. The fourth-order valence-corrected chi connectivity index (χ4v) is 3.26. The number of benzene rings is 3. The molecular formula is C22H17F3N2. The van der Waals surface area contributed by atoms with Crippen LogP contribution in [0.3, 0.4) is 0 Å². The molecule has 4 rings (SSSR count). The van der Waals surface area contributed by atoms with E-state index in [1.807, 2.05) is 36.4 Å². The third kappa shape index (κ3) is 3.72. The minimum absolute atomic E-state index is 0.0796. The van der Waals surface area contributed by atoms with E-state index in [9.17, 15) is 13.2 Å². The van der Waals surface area contributed by atoms with Gasteiger partial charge in [0.1, 0.15) is 0 Å². The fraction of sp³-hybridized carbons (Fsp3) is 0.136. The van der Waals surface area contributed by atoms with Crippen molar-refractivity contribution < 1.29 is 13.2 Å². The molecule has 0 bridgehead atoms. The van der Waals surface area contributed by atoms with Gasteiger partial charge >= 0.3 is 6.18 Å². The van der Waals surface area contributed by atoms with E-state index in [0.717, 1.165) is 30.4 Å². The third-order valence-electron chi connectivity index (χ3n) is 4.66. The molecule has 1 aliphatic heterocycles. The lowest BCUT2D eigenvalue weighted by Gasteiger charge is -2.17. The second-order valence-corrected chi connectivity index (χ2v) is 6.49. The van der Waals surface area contributed by atoms with Crippen molar-refractivity contribution in [3.05, 3.63) is 95.1 Å². The Labute approximate surface area is 155 Å². The molecule has 0 radical (unpaired) electrons. The first-order valence-electron chi connectivity index (χ1n) is 8.63. The first-order chi connectivity index (χ1) is 13.0. The summed E-state index contributed by atoms with van der Waals surface area (Å²) in [6, 6.07) is 21.4. The first kappa shape index (κ1) is 17.3. The SMILES string of the molecule is FC(F)(F)c1ccccc1N=Cc1ccc(N2Cc3ccccc3C2)cc1. The molecular weight excluding hydrogens is 349 g/mol. The molecule has 0 amide bonds. The van der Waals surface area contributed by atoms with Crippen LogP contribution in [0.4, 0.5) is 24.5 Å². The van der Waals surface area contributed by atoms with E-state index in [1.54, 1.807) is 6.07 Å². The van der Waals surface area contributed by atoms with Gasteiger partial charge in [0, 0.05) is 25.0 Å². The number of nitrogens with zero attached hydrogens (tertiary/aromatic N) is 2. The molecule has 27 heavy (non-hydrogen) atoms. The largest absolute Gasteiger partial charge is 0.418 e. The van der Waals surface area contributed by atoms with Gasteiger partial charge < -0.3 is 4.90 Å². The van der Waals surface area contributed by atoms with Crippen LogP contribution in [-0.4, -0.2) is 6.21 Å². The molecule has 0 saturated heterocycles. The third-order valence-corrected chi connectivity index (χ3v) is 4.66. The molecule has 136 valence electrons. The quantitative estimate of drug-likeness (QED) is 0.521. The van der Waals surface area contributed by atoms with E-state index in [2.05, 4.69) is 22.0 Å². The molecule has 0 N–H and O–H groups in total. The number of alkyl halides is 3. The van der Waals surface area contributed by atoms with Gasteiger partial charge in [-0.25, -0.2) is 0 Å². The van der Waals surface area contributed by atoms with Crippen LogP contribution >= 0.6 is 0 Å². The van der Waals surface area contributed by atoms with Gasteiger partial charge in [0.2, 0.25) is 0 Å². The smallest absolute Gasteiger partial charge is 0.363 e. The highest BCUT2D eigenvalue weighted by atomic mass is 19.4. The lowest BCUT2D eigenvalue weighted by atomic mass is 10.1. The Balaban J connectivity index is 1.50. The molecule has 1 aliphatic rings. The fourth-order valence-electron chi connectivity index (χ4n) is 3.26. The molecule has 3 aromatic rings. The predicted octanol–water partition coefficient (Wildman–Crippen LogP) is 5.98. The summed E-state index contributed by atoms with van der Waals surface area (Å²) in [5.41, 5.74) is 3.68. The standard InChI is InChI=1S/C22H17F3N2/c23-22(24,25)20-7-3-4-8-21(20)26-13-16-9-11-19(12-10-16)27-14-17-5-1-2-6-18(17)15-27/h1-13H,14-15H2. The summed E-state index contributed by atoms with van der Waals surface area (Å²) in [6.07, 6.45) is -2.95. The van der Waals surface area contributed by atoms with Crippen molar-refractivity contribution in [3.63, 3.8) is 0 Å². The zero-order chi connectivity index (χ0) is 18.9. The Kier molecular flexibility index (Phi) is 4.44. The van der Waals surface area contributed by atoms with Crippen molar-refractivity contribution in [2.75, 3.05) is 4.90 Å². The van der Waals surface area contributed by atoms with Crippen LogP contribution in [-0.2, 0) is 19.3 Å².